The van der Waals surface area contributed by atoms with Crippen molar-refractivity contribution in [1.29, 1.82) is 0 Å². The lowest BCUT2D eigenvalue weighted by Crippen LogP contribution is -2.34. The number of nitrogens with zero attached hydrogens (tertiary/aromatic N) is 1. The van der Waals surface area contributed by atoms with Crippen molar-refractivity contribution in [1.82, 2.24) is 0 Å². The molecule has 1 aliphatic heterocycles. The number of nitrogens with one attached hydrogen (secondary N) is 1. The number of aryl methyl sites for hydroxylation is 1. The van der Waals surface area contributed by atoms with Crippen LogP contribution in [0.2, 0.25) is 5.02 Å². The lowest BCUT2D eigenvalue weighted by molar-refractivity contribution is -0.171. The molecule has 0 radical (unpaired) electrons. The Morgan fingerprint density at radius 1 is 1.29 bits per heavy atom. The summed E-state index contributed by atoms with van der Waals surface area (Å²) in [5, 5.41) is 14.7. The minimum Gasteiger partial charge on any atom is -0.368 e. The second kappa shape index (κ2) is 7.95. The molecule has 5 nitrogen and oxygen atoms in total. The number of ether oxygens (including phenoxy) is 1. The lowest BCUT2D eigenvalue weighted by Gasteiger charge is -2.25. The standard InChI is InChI=1S/C21H25ClN2O3S/c1-11-12(2)28-20-17(11)18(13-6-8-14(22)9-7-13)23-15(19(26)24-20)10-16(25)27-21(3,4)5/h6-9,15-16,25H,10H2,1-5H3,(H,24,26). The van der Waals surface area contributed by atoms with Gasteiger partial charge in [0.15, 0.2) is 6.29 Å². The van der Waals surface area contributed by atoms with Crippen molar-refractivity contribution in [2.75, 3.05) is 5.32 Å². The maximum absolute atomic E-state index is 12.8. The first kappa shape index (κ1) is 21.0. The van der Waals surface area contributed by atoms with Gasteiger partial charge >= 0.3 is 0 Å². The van der Waals surface area contributed by atoms with Crippen LogP contribution in [0.25, 0.3) is 0 Å². The average molecular weight is 421 g/mol. The van der Waals surface area contributed by atoms with E-state index in [1.54, 1.807) is 12.1 Å². The van der Waals surface area contributed by atoms with Crippen molar-refractivity contribution in [2.45, 2.75) is 59.0 Å². The fourth-order valence-corrected chi connectivity index (χ4v) is 4.30. The summed E-state index contributed by atoms with van der Waals surface area (Å²) in [6.45, 7) is 9.62. The zero-order chi connectivity index (χ0) is 20.6. The van der Waals surface area contributed by atoms with Gasteiger partial charge in [-0.2, -0.15) is 0 Å². The Labute approximate surface area is 174 Å². The third-order valence-corrected chi connectivity index (χ3v) is 5.85. The fourth-order valence-electron chi connectivity index (χ4n) is 3.11. The number of anilines is 1. The van der Waals surface area contributed by atoms with Crippen molar-refractivity contribution in [2.24, 2.45) is 4.99 Å². The molecule has 7 heteroatoms. The summed E-state index contributed by atoms with van der Waals surface area (Å²) in [5.41, 5.74) is 3.09. The highest BCUT2D eigenvalue weighted by molar-refractivity contribution is 7.17. The normalized spacial score (nSPS) is 18.2. The molecule has 2 heterocycles. The number of carbonyl (C=O) groups is 1. The molecular weight excluding hydrogens is 396 g/mol. The Kier molecular flexibility index (Phi) is 5.96. The molecule has 1 amide bonds. The molecule has 1 aliphatic rings. The Morgan fingerprint density at radius 2 is 1.93 bits per heavy atom. The number of hydrogen-bond donors (Lipinski definition) is 2. The Balaban J connectivity index is 2.04. The summed E-state index contributed by atoms with van der Waals surface area (Å²) >= 11 is 7.58. The quantitative estimate of drug-likeness (QED) is 0.704. The van der Waals surface area contributed by atoms with Crippen molar-refractivity contribution < 1.29 is 14.6 Å². The van der Waals surface area contributed by atoms with Gasteiger partial charge in [-0.1, -0.05) is 23.7 Å². The second-order valence-electron chi connectivity index (χ2n) is 7.90. The smallest absolute Gasteiger partial charge is 0.250 e. The van der Waals surface area contributed by atoms with Gasteiger partial charge in [0.2, 0.25) is 5.91 Å². The minimum absolute atomic E-state index is 0.0766. The number of aliphatic imine (C=N–C) groups is 1. The first-order valence-corrected chi connectivity index (χ1v) is 10.4. The van der Waals surface area contributed by atoms with E-state index < -0.39 is 17.9 Å². The van der Waals surface area contributed by atoms with Gasteiger partial charge < -0.3 is 15.2 Å². The van der Waals surface area contributed by atoms with Gasteiger partial charge in [0.05, 0.1) is 11.3 Å². The van der Waals surface area contributed by atoms with Crippen LogP contribution in [0.15, 0.2) is 29.3 Å². The molecule has 0 saturated heterocycles. The maximum atomic E-state index is 12.8. The highest BCUT2D eigenvalue weighted by Crippen LogP contribution is 2.37. The predicted octanol–water partition coefficient (Wildman–Crippen LogP) is 4.70. The van der Waals surface area contributed by atoms with E-state index >= 15 is 0 Å². The predicted molar refractivity (Wildman–Crippen MR) is 115 cm³/mol. The number of carbonyl (C=O) groups excluding carboxylic acids is 1. The van der Waals surface area contributed by atoms with E-state index in [1.165, 1.54) is 11.3 Å². The molecule has 1 aromatic heterocycles. The van der Waals surface area contributed by atoms with Crippen LogP contribution in [0.5, 0.6) is 0 Å². The van der Waals surface area contributed by atoms with Gasteiger partial charge in [-0.25, -0.2) is 0 Å². The number of benzene rings is 1. The Hall–Kier alpha value is -1.73. The second-order valence-corrected chi connectivity index (χ2v) is 9.56. The summed E-state index contributed by atoms with van der Waals surface area (Å²) in [7, 11) is 0. The van der Waals surface area contributed by atoms with Crippen LogP contribution in [0.4, 0.5) is 5.00 Å². The molecule has 2 unspecified atom stereocenters. The van der Waals surface area contributed by atoms with E-state index in [-0.39, 0.29) is 12.3 Å². The summed E-state index contributed by atoms with van der Waals surface area (Å²) in [6.07, 6.45) is -1.02. The first-order valence-electron chi connectivity index (χ1n) is 9.16. The molecule has 0 aliphatic carbocycles. The summed E-state index contributed by atoms with van der Waals surface area (Å²) in [4.78, 5) is 18.7. The molecule has 0 fully saturated rings. The van der Waals surface area contributed by atoms with Crippen molar-refractivity contribution >= 4 is 39.6 Å². The maximum Gasteiger partial charge on any atom is 0.250 e. The highest BCUT2D eigenvalue weighted by atomic mass is 35.5. The zero-order valence-corrected chi connectivity index (χ0v) is 18.2. The molecule has 0 bridgehead atoms. The van der Waals surface area contributed by atoms with E-state index in [1.807, 2.05) is 46.8 Å². The molecule has 2 atom stereocenters. The highest BCUT2D eigenvalue weighted by Gasteiger charge is 2.31. The molecule has 3 rings (SSSR count). The van der Waals surface area contributed by atoms with Crippen molar-refractivity contribution in [3.63, 3.8) is 0 Å². The zero-order valence-electron chi connectivity index (χ0n) is 16.7. The van der Waals surface area contributed by atoms with E-state index in [9.17, 15) is 9.90 Å². The SMILES string of the molecule is Cc1sc2c(c1C)C(c1ccc(Cl)cc1)=NC(CC(O)OC(C)(C)C)C(=O)N2. The largest absolute Gasteiger partial charge is 0.368 e. The molecule has 2 aromatic rings. The monoisotopic (exact) mass is 420 g/mol. The van der Waals surface area contributed by atoms with Crippen LogP contribution in [0.1, 0.15) is 48.8 Å². The number of aliphatic hydroxyl groups is 1. The molecular formula is C21H25ClN2O3S. The average Bonchev–Trinajstić information content (AvgIpc) is 2.76. The summed E-state index contributed by atoms with van der Waals surface area (Å²) in [6, 6.07) is 6.64. The van der Waals surface area contributed by atoms with E-state index in [0.29, 0.717) is 5.02 Å². The molecule has 2 N–H and O–H groups in total. The third-order valence-electron chi connectivity index (χ3n) is 4.48. The molecule has 1 aromatic carbocycles. The van der Waals surface area contributed by atoms with Crippen LogP contribution >= 0.6 is 22.9 Å². The number of hydrogen-bond acceptors (Lipinski definition) is 5. The molecule has 28 heavy (non-hydrogen) atoms. The van der Waals surface area contributed by atoms with E-state index in [0.717, 1.165) is 32.3 Å². The van der Waals surface area contributed by atoms with Gasteiger partial charge in [-0.05, 0) is 52.3 Å². The number of rotatable bonds is 4. The topological polar surface area (TPSA) is 70.9 Å². The van der Waals surface area contributed by atoms with Crippen LogP contribution < -0.4 is 5.32 Å². The van der Waals surface area contributed by atoms with Gasteiger partial charge in [0.25, 0.3) is 0 Å². The first-order chi connectivity index (χ1) is 13.0. The fraction of sp³-hybridized carbons (Fsp3) is 0.429. The number of amides is 1. The third kappa shape index (κ3) is 4.63. The minimum atomic E-state index is -1.09. The van der Waals surface area contributed by atoms with Crippen molar-refractivity contribution in [3.05, 3.63) is 50.9 Å². The van der Waals surface area contributed by atoms with E-state index in [4.69, 9.17) is 21.3 Å². The van der Waals surface area contributed by atoms with Gasteiger partial charge in [-0.3, -0.25) is 9.79 Å². The van der Waals surface area contributed by atoms with Gasteiger partial charge in [-0.15, -0.1) is 11.3 Å². The molecule has 0 spiro atoms. The number of thiophene rings is 1. The molecule has 150 valence electrons. The van der Waals surface area contributed by atoms with Crippen molar-refractivity contribution in [3.8, 4) is 0 Å². The Bertz CT molecular complexity index is 913. The van der Waals surface area contributed by atoms with Crippen LogP contribution in [-0.4, -0.2) is 34.7 Å². The van der Waals surface area contributed by atoms with E-state index in [2.05, 4.69) is 5.32 Å². The Morgan fingerprint density at radius 3 is 2.54 bits per heavy atom. The van der Waals surface area contributed by atoms with Crippen LogP contribution in [0, 0.1) is 13.8 Å². The van der Waals surface area contributed by atoms with Crippen LogP contribution in [-0.2, 0) is 9.53 Å². The lowest BCUT2D eigenvalue weighted by atomic mass is 10.00. The number of fused-ring (bicyclic) bond motifs is 1. The number of halogens is 1. The number of aliphatic hydroxyl groups excluding tert-OH is 1. The van der Waals surface area contributed by atoms with Gasteiger partial charge in [0, 0.05) is 27.4 Å². The summed E-state index contributed by atoms with van der Waals surface area (Å²) in [5.74, 6) is -0.247. The molecule has 0 saturated carbocycles. The van der Waals surface area contributed by atoms with Gasteiger partial charge in [0.1, 0.15) is 11.0 Å². The van der Waals surface area contributed by atoms with Crippen LogP contribution in [0.3, 0.4) is 0 Å². The summed E-state index contributed by atoms with van der Waals surface area (Å²) < 4.78 is 5.58.